The average molecular weight is 531 g/mol. The van der Waals surface area contributed by atoms with E-state index in [1.807, 2.05) is 19.1 Å². The van der Waals surface area contributed by atoms with Gasteiger partial charge in [-0.05, 0) is 90.9 Å². The highest BCUT2D eigenvalue weighted by Gasteiger charge is 2.39. The van der Waals surface area contributed by atoms with Crippen LogP contribution in [0.5, 0.6) is 11.6 Å². The zero-order chi connectivity index (χ0) is 27.1. The predicted octanol–water partition coefficient (Wildman–Crippen LogP) is 6.38. The minimum absolute atomic E-state index is 0.00596. The lowest BCUT2D eigenvalue weighted by molar-refractivity contribution is -0.142. The van der Waals surface area contributed by atoms with Gasteiger partial charge in [-0.3, -0.25) is 9.69 Å². The maximum Gasteiger partial charge on any atom is 0.306 e. The number of benzene rings is 2. The number of nitrogens with zero attached hydrogens (tertiary/aromatic N) is 2. The molecule has 0 spiro atoms. The predicted molar refractivity (Wildman–Crippen MR) is 146 cm³/mol. The molecular weight excluding hydrogens is 495 g/mol. The van der Waals surface area contributed by atoms with Gasteiger partial charge in [0.1, 0.15) is 17.7 Å². The van der Waals surface area contributed by atoms with Crippen molar-refractivity contribution in [2.75, 3.05) is 20.2 Å². The van der Waals surface area contributed by atoms with Crippen molar-refractivity contribution < 1.29 is 23.8 Å². The SMILES string of the molecule is COc1cc(-c2ccc(C3CCc4ccc(C(C5CC5)[C@H](C)C(=O)O)cc4O3)cc2CN2CCC2)c(F)cn1. The van der Waals surface area contributed by atoms with Crippen LogP contribution < -0.4 is 9.47 Å². The molecule has 2 aliphatic heterocycles. The molecule has 2 unspecified atom stereocenters. The number of aliphatic carboxylic acids is 1. The summed E-state index contributed by atoms with van der Waals surface area (Å²) in [4.78, 5) is 18.2. The van der Waals surface area contributed by atoms with E-state index in [9.17, 15) is 14.3 Å². The first-order valence-electron chi connectivity index (χ1n) is 14.0. The Morgan fingerprint density at radius 3 is 2.67 bits per heavy atom. The number of carbonyl (C=O) groups is 1. The van der Waals surface area contributed by atoms with Crippen LogP contribution in [0.25, 0.3) is 11.1 Å². The van der Waals surface area contributed by atoms with Crippen molar-refractivity contribution in [3.8, 4) is 22.8 Å². The number of pyridine rings is 1. The topological polar surface area (TPSA) is 71.9 Å². The fourth-order valence-corrected chi connectivity index (χ4v) is 6.13. The Labute approximate surface area is 228 Å². The molecule has 3 aromatic rings. The van der Waals surface area contributed by atoms with E-state index in [4.69, 9.17) is 9.47 Å². The average Bonchev–Trinajstić information content (AvgIpc) is 3.76. The maximum absolute atomic E-state index is 14.9. The largest absolute Gasteiger partial charge is 0.485 e. The summed E-state index contributed by atoms with van der Waals surface area (Å²) in [6.45, 7) is 4.64. The van der Waals surface area contributed by atoms with Gasteiger partial charge >= 0.3 is 5.97 Å². The van der Waals surface area contributed by atoms with E-state index in [0.29, 0.717) is 17.4 Å². The van der Waals surface area contributed by atoms with Gasteiger partial charge in [-0.1, -0.05) is 37.3 Å². The molecule has 2 fully saturated rings. The van der Waals surface area contributed by atoms with Crippen LogP contribution in [0, 0.1) is 17.7 Å². The molecule has 0 radical (unpaired) electrons. The number of aromatic nitrogens is 1. The molecule has 39 heavy (non-hydrogen) atoms. The third kappa shape index (κ3) is 5.24. The van der Waals surface area contributed by atoms with Gasteiger partial charge < -0.3 is 14.6 Å². The quantitative estimate of drug-likeness (QED) is 0.346. The van der Waals surface area contributed by atoms with Crippen molar-refractivity contribution in [3.05, 3.63) is 76.7 Å². The molecule has 1 aromatic heterocycles. The van der Waals surface area contributed by atoms with Crippen LogP contribution in [0.15, 0.2) is 48.7 Å². The van der Waals surface area contributed by atoms with Crippen molar-refractivity contribution in [1.29, 1.82) is 0 Å². The third-order valence-electron chi connectivity index (χ3n) is 8.65. The van der Waals surface area contributed by atoms with Crippen molar-refractivity contribution in [1.82, 2.24) is 9.88 Å². The molecule has 2 aromatic carbocycles. The monoisotopic (exact) mass is 530 g/mol. The standard InChI is InChI=1S/C32H35FN2O4/c1-19(32(36)37)31(21-5-6-21)23-7-4-20-9-11-28(39-29(20)15-23)22-8-10-25(24(14-22)18-35-12-3-13-35)26-16-30(38-2)34-17-27(26)33/h4,7-8,10,14-17,19,21,28,31H,3,5-6,9,11-13,18H2,1-2H3,(H,36,37)/t19-,28?,31?/m0/s1. The van der Waals surface area contributed by atoms with Crippen LogP contribution in [-0.2, 0) is 17.8 Å². The van der Waals surface area contributed by atoms with Gasteiger partial charge in [-0.2, -0.15) is 0 Å². The smallest absolute Gasteiger partial charge is 0.306 e. The van der Waals surface area contributed by atoms with Crippen LogP contribution in [0.1, 0.15) is 66.9 Å². The molecular formula is C32H35FN2O4. The summed E-state index contributed by atoms with van der Waals surface area (Å²) in [7, 11) is 1.53. The zero-order valence-corrected chi connectivity index (χ0v) is 22.5. The fourth-order valence-electron chi connectivity index (χ4n) is 6.13. The summed E-state index contributed by atoms with van der Waals surface area (Å²) in [6, 6.07) is 14.2. The first kappa shape index (κ1) is 25.8. The number of carboxylic acid groups (broad SMARTS) is 1. The summed E-state index contributed by atoms with van der Waals surface area (Å²) in [5.74, 6) is 0.119. The van der Waals surface area contributed by atoms with Crippen molar-refractivity contribution >= 4 is 5.97 Å². The van der Waals surface area contributed by atoms with Gasteiger partial charge in [-0.25, -0.2) is 9.37 Å². The van der Waals surface area contributed by atoms with E-state index in [0.717, 1.165) is 78.9 Å². The van der Waals surface area contributed by atoms with Crippen molar-refractivity contribution in [2.45, 2.75) is 57.6 Å². The zero-order valence-electron chi connectivity index (χ0n) is 22.5. The molecule has 3 atom stereocenters. The molecule has 3 aliphatic rings. The lowest BCUT2D eigenvalue weighted by atomic mass is 9.82. The second-order valence-corrected chi connectivity index (χ2v) is 11.3. The molecule has 3 heterocycles. The molecule has 1 saturated heterocycles. The molecule has 6 rings (SSSR count). The van der Waals surface area contributed by atoms with Gasteiger partial charge in [0.25, 0.3) is 0 Å². The fraction of sp³-hybridized carbons (Fsp3) is 0.438. The van der Waals surface area contributed by atoms with Gasteiger partial charge in [0.05, 0.1) is 19.2 Å². The maximum atomic E-state index is 14.9. The number of hydrogen-bond acceptors (Lipinski definition) is 5. The van der Waals surface area contributed by atoms with E-state index in [1.54, 1.807) is 6.07 Å². The second-order valence-electron chi connectivity index (χ2n) is 11.3. The number of carboxylic acids is 1. The lowest BCUT2D eigenvalue weighted by Gasteiger charge is -2.32. The molecule has 0 bridgehead atoms. The lowest BCUT2D eigenvalue weighted by Crippen LogP contribution is -2.36. The van der Waals surface area contributed by atoms with Crippen LogP contribution >= 0.6 is 0 Å². The van der Waals surface area contributed by atoms with E-state index in [2.05, 4.69) is 34.1 Å². The Morgan fingerprint density at radius 1 is 1.15 bits per heavy atom. The summed E-state index contributed by atoms with van der Waals surface area (Å²) < 4.78 is 26.8. The second kappa shape index (κ2) is 10.6. The number of fused-ring (bicyclic) bond motifs is 1. The Balaban J connectivity index is 1.31. The van der Waals surface area contributed by atoms with E-state index < -0.39 is 11.9 Å². The summed E-state index contributed by atoms with van der Waals surface area (Å²) in [5.41, 5.74) is 5.69. The normalized spacial score (nSPS) is 20.3. The summed E-state index contributed by atoms with van der Waals surface area (Å²) >= 11 is 0. The summed E-state index contributed by atoms with van der Waals surface area (Å²) in [5, 5.41) is 9.71. The number of likely N-dealkylation sites (tertiary alicyclic amines) is 1. The molecule has 1 saturated carbocycles. The van der Waals surface area contributed by atoms with Crippen LogP contribution in [0.4, 0.5) is 4.39 Å². The number of rotatable bonds is 9. The minimum Gasteiger partial charge on any atom is -0.485 e. The first-order chi connectivity index (χ1) is 18.9. The summed E-state index contributed by atoms with van der Waals surface area (Å²) in [6.07, 6.45) is 6.18. The van der Waals surface area contributed by atoms with Crippen LogP contribution in [0.2, 0.25) is 0 Å². The molecule has 0 amide bonds. The van der Waals surface area contributed by atoms with E-state index in [1.165, 1.54) is 19.7 Å². The Kier molecular flexibility index (Phi) is 7.02. The number of hydrogen-bond donors (Lipinski definition) is 1. The van der Waals surface area contributed by atoms with Crippen LogP contribution in [0.3, 0.4) is 0 Å². The molecule has 1 N–H and O–H groups in total. The molecule has 6 nitrogen and oxygen atoms in total. The number of halogens is 1. The van der Waals surface area contributed by atoms with Gasteiger partial charge in [0.15, 0.2) is 0 Å². The number of ether oxygens (including phenoxy) is 2. The Bertz CT molecular complexity index is 1380. The molecule has 204 valence electrons. The Morgan fingerprint density at radius 2 is 1.97 bits per heavy atom. The van der Waals surface area contributed by atoms with Gasteiger partial charge in [-0.15, -0.1) is 0 Å². The third-order valence-corrected chi connectivity index (χ3v) is 8.65. The number of methoxy groups -OCH3 is 1. The number of aryl methyl sites for hydroxylation is 1. The highest BCUT2D eigenvalue weighted by molar-refractivity contribution is 5.71. The highest BCUT2D eigenvalue weighted by atomic mass is 19.1. The Hall–Kier alpha value is -3.45. The molecule has 7 heteroatoms. The molecule has 1 aliphatic carbocycles. The van der Waals surface area contributed by atoms with Gasteiger partial charge in [0, 0.05) is 18.2 Å². The van der Waals surface area contributed by atoms with Crippen molar-refractivity contribution in [3.63, 3.8) is 0 Å². The van der Waals surface area contributed by atoms with E-state index in [-0.39, 0.29) is 17.8 Å². The van der Waals surface area contributed by atoms with Gasteiger partial charge in [0.2, 0.25) is 5.88 Å². The van der Waals surface area contributed by atoms with Crippen LogP contribution in [-0.4, -0.2) is 41.2 Å². The minimum atomic E-state index is -0.749. The van der Waals surface area contributed by atoms with Crippen molar-refractivity contribution in [2.24, 2.45) is 11.8 Å². The highest BCUT2D eigenvalue weighted by Crippen LogP contribution is 2.48. The van der Waals surface area contributed by atoms with E-state index >= 15 is 0 Å². The first-order valence-corrected chi connectivity index (χ1v) is 14.0.